The number of ether oxygens (including phenoxy) is 1. The van der Waals surface area contributed by atoms with Crippen molar-refractivity contribution in [3.63, 3.8) is 0 Å². The van der Waals surface area contributed by atoms with Crippen LogP contribution >= 0.6 is 0 Å². The molecule has 4 rings (SSSR count). The van der Waals surface area contributed by atoms with E-state index in [0.717, 1.165) is 42.8 Å². The molecule has 29 heavy (non-hydrogen) atoms. The Balaban J connectivity index is 1.39. The minimum atomic E-state index is -0.310. The molecule has 2 N–H and O–H groups in total. The van der Waals surface area contributed by atoms with Crippen molar-refractivity contribution in [3.8, 4) is 11.6 Å². The zero-order valence-corrected chi connectivity index (χ0v) is 16.6. The van der Waals surface area contributed by atoms with Gasteiger partial charge in [-0.05, 0) is 63.0 Å². The van der Waals surface area contributed by atoms with Crippen LogP contribution in [0.3, 0.4) is 0 Å². The van der Waals surface area contributed by atoms with Crippen molar-refractivity contribution in [2.24, 2.45) is 0 Å². The zero-order valence-electron chi connectivity index (χ0n) is 16.6. The normalized spacial score (nSPS) is 14.6. The number of aryl methyl sites for hydroxylation is 1. The molecule has 1 aromatic carbocycles. The van der Waals surface area contributed by atoms with E-state index in [9.17, 15) is 4.79 Å². The van der Waals surface area contributed by atoms with Crippen molar-refractivity contribution in [1.29, 1.82) is 0 Å². The summed E-state index contributed by atoms with van der Waals surface area (Å²) < 4.78 is 7.64. The summed E-state index contributed by atoms with van der Waals surface area (Å²) in [5.41, 5.74) is 3.09. The first kappa shape index (κ1) is 19.1. The minimum absolute atomic E-state index is 0.286. The summed E-state index contributed by atoms with van der Waals surface area (Å²) in [5.74, 6) is 0.924. The van der Waals surface area contributed by atoms with E-state index in [1.807, 2.05) is 32.0 Å². The van der Waals surface area contributed by atoms with Crippen LogP contribution in [0.1, 0.15) is 40.5 Å². The van der Waals surface area contributed by atoms with E-state index in [1.54, 1.807) is 29.2 Å². The molecule has 3 aromatic rings. The molecule has 0 aliphatic carbocycles. The number of hydrogen-bond donors (Lipinski definition) is 2. The first-order valence-electron chi connectivity index (χ1n) is 9.74. The van der Waals surface area contributed by atoms with E-state index in [0.29, 0.717) is 17.3 Å². The van der Waals surface area contributed by atoms with Crippen molar-refractivity contribution in [2.75, 3.05) is 18.4 Å². The summed E-state index contributed by atoms with van der Waals surface area (Å²) in [6.45, 7) is 5.95. The summed E-state index contributed by atoms with van der Waals surface area (Å²) >= 11 is 0. The first-order chi connectivity index (χ1) is 14.1. The highest BCUT2D eigenvalue weighted by molar-refractivity contribution is 6.02. The van der Waals surface area contributed by atoms with Crippen LogP contribution in [0.5, 0.6) is 11.6 Å². The lowest BCUT2D eigenvalue weighted by molar-refractivity contribution is 0.102. The molecule has 0 bridgehead atoms. The summed E-state index contributed by atoms with van der Waals surface area (Å²) in [6.07, 6.45) is 5.23. The van der Waals surface area contributed by atoms with Gasteiger partial charge in [-0.1, -0.05) is 17.3 Å². The number of rotatable bonds is 5. The van der Waals surface area contributed by atoms with Crippen LogP contribution in [0.2, 0.25) is 0 Å². The lowest BCUT2D eigenvalue weighted by atomic mass is 10.1. The van der Waals surface area contributed by atoms with Gasteiger partial charge in [-0.3, -0.25) is 4.79 Å². The van der Waals surface area contributed by atoms with Crippen molar-refractivity contribution >= 4 is 11.6 Å². The van der Waals surface area contributed by atoms with Crippen LogP contribution in [-0.4, -0.2) is 39.0 Å². The van der Waals surface area contributed by atoms with Gasteiger partial charge in [0.15, 0.2) is 5.69 Å². The number of benzene rings is 1. The zero-order chi connectivity index (χ0) is 20.2. The van der Waals surface area contributed by atoms with Gasteiger partial charge < -0.3 is 15.4 Å². The van der Waals surface area contributed by atoms with Crippen molar-refractivity contribution < 1.29 is 9.53 Å². The third-order valence-corrected chi connectivity index (χ3v) is 5.19. The summed E-state index contributed by atoms with van der Waals surface area (Å²) in [5, 5.41) is 14.3. The SMILES string of the molecule is Cc1cccc(Oc2ccc(NC(=O)c3cn(C4CCNCC4)nn3)cn2)c1C. The van der Waals surface area contributed by atoms with Crippen molar-refractivity contribution in [1.82, 2.24) is 25.3 Å². The Kier molecular flexibility index (Phi) is 5.53. The Morgan fingerprint density at radius 1 is 1.21 bits per heavy atom. The molecule has 2 aromatic heterocycles. The third-order valence-electron chi connectivity index (χ3n) is 5.19. The number of amides is 1. The van der Waals surface area contributed by atoms with E-state index in [-0.39, 0.29) is 11.9 Å². The molecule has 1 saturated heterocycles. The third kappa shape index (κ3) is 4.43. The summed E-state index contributed by atoms with van der Waals surface area (Å²) in [4.78, 5) is 16.8. The lowest BCUT2D eigenvalue weighted by Gasteiger charge is -2.22. The number of nitrogens with zero attached hydrogens (tertiary/aromatic N) is 4. The first-order valence-corrected chi connectivity index (χ1v) is 9.74. The molecule has 1 aliphatic rings. The molecule has 8 nitrogen and oxygen atoms in total. The van der Waals surface area contributed by atoms with Gasteiger partial charge in [-0.25, -0.2) is 9.67 Å². The number of piperidine rings is 1. The lowest BCUT2D eigenvalue weighted by Crippen LogP contribution is -2.29. The molecule has 1 amide bonds. The number of carbonyl (C=O) groups excluding carboxylic acids is 1. The Morgan fingerprint density at radius 2 is 2.03 bits per heavy atom. The predicted octanol–water partition coefficient (Wildman–Crippen LogP) is 3.26. The Morgan fingerprint density at radius 3 is 2.79 bits per heavy atom. The summed E-state index contributed by atoms with van der Waals surface area (Å²) in [6, 6.07) is 9.66. The molecule has 8 heteroatoms. The number of carbonyl (C=O) groups is 1. The maximum absolute atomic E-state index is 12.5. The molecule has 0 saturated carbocycles. The quantitative estimate of drug-likeness (QED) is 0.692. The second-order valence-corrected chi connectivity index (χ2v) is 7.20. The van der Waals surface area contributed by atoms with Gasteiger partial charge in [-0.2, -0.15) is 0 Å². The fourth-order valence-corrected chi connectivity index (χ4v) is 3.29. The summed E-state index contributed by atoms with van der Waals surface area (Å²) in [7, 11) is 0. The fourth-order valence-electron chi connectivity index (χ4n) is 3.29. The minimum Gasteiger partial charge on any atom is -0.439 e. The molecule has 3 heterocycles. The van der Waals surface area contributed by atoms with E-state index in [1.165, 1.54) is 0 Å². The molecule has 0 atom stereocenters. The highest BCUT2D eigenvalue weighted by Gasteiger charge is 2.19. The molecule has 150 valence electrons. The van der Waals surface area contributed by atoms with Gasteiger partial charge in [0.05, 0.1) is 24.1 Å². The van der Waals surface area contributed by atoms with Crippen LogP contribution in [0, 0.1) is 13.8 Å². The monoisotopic (exact) mass is 392 g/mol. The van der Waals surface area contributed by atoms with Gasteiger partial charge >= 0.3 is 0 Å². The van der Waals surface area contributed by atoms with Gasteiger partial charge in [-0.15, -0.1) is 5.10 Å². The van der Waals surface area contributed by atoms with Crippen LogP contribution < -0.4 is 15.4 Å². The van der Waals surface area contributed by atoms with Crippen LogP contribution in [0.4, 0.5) is 5.69 Å². The molecular formula is C21H24N6O2. The maximum Gasteiger partial charge on any atom is 0.277 e. The second-order valence-electron chi connectivity index (χ2n) is 7.20. The average Bonchev–Trinajstić information content (AvgIpc) is 3.24. The van der Waals surface area contributed by atoms with E-state index >= 15 is 0 Å². The smallest absolute Gasteiger partial charge is 0.277 e. The van der Waals surface area contributed by atoms with Gasteiger partial charge in [0.25, 0.3) is 5.91 Å². The predicted molar refractivity (Wildman–Crippen MR) is 109 cm³/mol. The van der Waals surface area contributed by atoms with Gasteiger partial charge in [0, 0.05) is 6.07 Å². The van der Waals surface area contributed by atoms with Crippen LogP contribution in [-0.2, 0) is 0 Å². The topological polar surface area (TPSA) is 94.0 Å². The van der Waals surface area contributed by atoms with Crippen LogP contribution in [0.15, 0.2) is 42.7 Å². The Labute approximate surface area is 169 Å². The number of anilines is 1. The van der Waals surface area contributed by atoms with Crippen LogP contribution in [0.25, 0.3) is 0 Å². The van der Waals surface area contributed by atoms with E-state index in [4.69, 9.17) is 4.74 Å². The van der Waals surface area contributed by atoms with E-state index < -0.39 is 0 Å². The van der Waals surface area contributed by atoms with Gasteiger partial charge in [0.1, 0.15) is 5.75 Å². The highest BCUT2D eigenvalue weighted by atomic mass is 16.5. The Hall–Kier alpha value is -3.26. The molecule has 0 radical (unpaired) electrons. The standard InChI is InChI=1S/C21H24N6O2/c1-14-4-3-5-19(15(14)2)29-20-7-6-16(12-23-20)24-21(28)18-13-27(26-25-18)17-8-10-22-11-9-17/h3-7,12-13,17,22H,8-11H2,1-2H3,(H,24,28). The molecule has 0 spiro atoms. The van der Waals surface area contributed by atoms with Crippen molar-refractivity contribution in [2.45, 2.75) is 32.7 Å². The maximum atomic E-state index is 12.5. The molecule has 0 unspecified atom stereocenters. The fraction of sp³-hybridized carbons (Fsp3) is 0.333. The molecule has 1 fully saturated rings. The van der Waals surface area contributed by atoms with Crippen molar-refractivity contribution in [3.05, 3.63) is 59.5 Å². The second kappa shape index (κ2) is 8.40. The number of aromatic nitrogens is 4. The molecular weight excluding hydrogens is 368 g/mol. The number of nitrogens with one attached hydrogen (secondary N) is 2. The largest absolute Gasteiger partial charge is 0.439 e. The molecule has 1 aliphatic heterocycles. The average molecular weight is 392 g/mol. The highest BCUT2D eigenvalue weighted by Crippen LogP contribution is 2.26. The number of hydrogen-bond acceptors (Lipinski definition) is 6. The van der Waals surface area contributed by atoms with E-state index in [2.05, 4.69) is 25.9 Å². The Bertz CT molecular complexity index is 993. The van der Waals surface area contributed by atoms with Gasteiger partial charge in [0.2, 0.25) is 5.88 Å². The number of pyridine rings is 1.